The number of carbonyl (C=O) groups excluding carboxylic acids is 5. The molecule has 1 aromatic carbocycles. The summed E-state index contributed by atoms with van der Waals surface area (Å²) in [6.45, 7) is 16.6. The Morgan fingerprint density at radius 1 is 0.793 bits per heavy atom. The molecule has 1 aromatic rings. The van der Waals surface area contributed by atoms with Crippen LogP contribution in [0.1, 0.15) is 156 Å². The van der Waals surface area contributed by atoms with Crippen LogP contribution in [0.5, 0.6) is 0 Å². The van der Waals surface area contributed by atoms with E-state index in [1.54, 1.807) is 20.8 Å². The minimum Gasteiger partial charge on any atom is -0.460 e. The molecule has 2 aliphatic carbocycles. The van der Waals surface area contributed by atoms with Gasteiger partial charge in [-0.2, -0.15) is 0 Å². The number of rotatable bonds is 9. The van der Waals surface area contributed by atoms with Gasteiger partial charge < -0.3 is 35.5 Å². The van der Waals surface area contributed by atoms with Gasteiger partial charge in [0.15, 0.2) is 0 Å². The van der Waals surface area contributed by atoms with Crippen molar-refractivity contribution in [3.05, 3.63) is 47.5 Å². The zero-order valence-electron chi connectivity index (χ0n) is 36.3. The summed E-state index contributed by atoms with van der Waals surface area (Å²) < 4.78 is 32.0. The van der Waals surface area contributed by atoms with E-state index >= 15 is 0 Å². The molecular weight excluding hydrogens is 759 g/mol. The molecule has 1 heterocycles. The van der Waals surface area contributed by atoms with Gasteiger partial charge in [-0.15, -0.1) is 0 Å². The molecule has 5 N–H and O–H groups in total. The van der Waals surface area contributed by atoms with Crippen LogP contribution in [-0.2, 0) is 48.5 Å². The van der Waals surface area contributed by atoms with Crippen molar-refractivity contribution in [2.75, 3.05) is 6.54 Å². The number of amides is 4. The highest BCUT2D eigenvalue weighted by Gasteiger charge is 2.46. The van der Waals surface area contributed by atoms with Crippen LogP contribution in [0, 0.1) is 11.3 Å². The topological polar surface area (TPSA) is 192 Å². The van der Waals surface area contributed by atoms with Crippen molar-refractivity contribution >= 4 is 37.2 Å². The van der Waals surface area contributed by atoms with Gasteiger partial charge in [-0.1, -0.05) is 68.5 Å². The lowest BCUT2D eigenvalue weighted by molar-refractivity contribution is -0.157. The summed E-state index contributed by atoms with van der Waals surface area (Å²) in [7, 11) is -3.63. The molecule has 3 atom stereocenters. The van der Waals surface area contributed by atoms with Gasteiger partial charge in [0.2, 0.25) is 23.6 Å². The Hall–Kier alpha value is -3.54. The second-order valence-electron chi connectivity index (χ2n) is 19.7. The third kappa shape index (κ3) is 14.0. The average Bonchev–Trinajstić information content (AvgIpc) is 3.54. The number of primary amides is 1. The maximum absolute atomic E-state index is 14.9. The van der Waals surface area contributed by atoms with Crippen molar-refractivity contribution in [1.82, 2.24) is 16.0 Å². The van der Waals surface area contributed by atoms with Crippen LogP contribution < -0.4 is 21.7 Å². The molecule has 2 saturated carbocycles. The van der Waals surface area contributed by atoms with Crippen LogP contribution in [0.15, 0.2) is 36.4 Å². The predicted molar refractivity (Wildman–Crippen MR) is 223 cm³/mol. The number of carbonyl (C=O) groups is 5. The van der Waals surface area contributed by atoms with Crippen molar-refractivity contribution in [3.8, 4) is 0 Å². The Labute approximate surface area is 345 Å². The lowest BCUT2D eigenvalue weighted by atomic mass is 9.77. The molecule has 0 unspecified atom stereocenters. The van der Waals surface area contributed by atoms with Gasteiger partial charge in [0.05, 0.1) is 36.1 Å². The Morgan fingerprint density at radius 3 is 1.90 bits per heavy atom. The van der Waals surface area contributed by atoms with E-state index in [2.05, 4.69) is 16.0 Å². The van der Waals surface area contributed by atoms with Crippen LogP contribution >= 0.6 is 7.60 Å². The Bertz CT molecular complexity index is 1690. The Balaban J connectivity index is 1.84. The first-order valence-corrected chi connectivity index (χ1v) is 22.7. The summed E-state index contributed by atoms with van der Waals surface area (Å²) in [5.74, 6) is -4.53. The maximum atomic E-state index is 14.9. The van der Waals surface area contributed by atoms with E-state index in [-0.39, 0.29) is 18.0 Å². The molecule has 0 saturated heterocycles. The first-order valence-electron chi connectivity index (χ1n) is 21.0. The fourth-order valence-electron chi connectivity index (χ4n) is 8.45. The van der Waals surface area contributed by atoms with Gasteiger partial charge in [0, 0.05) is 12.5 Å². The van der Waals surface area contributed by atoms with Gasteiger partial charge in [0.25, 0.3) is 0 Å². The number of nitrogens with two attached hydrogens (primary N) is 1. The molecular formula is C44H69N4O9P. The second-order valence-corrected chi connectivity index (χ2v) is 21.6. The molecule has 58 heavy (non-hydrogen) atoms. The molecule has 0 radical (unpaired) electrons. The maximum Gasteiger partial charge on any atom is 0.336 e. The van der Waals surface area contributed by atoms with Gasteiger partial charge in [-0.05, 0) is 111 Å². The van der Waals surface area contributed by atoms with Gasteiger partial charge in [-0.25, -0.2) is 0 Å². The molecule has 0 bridgehead atoms. The van der Waals surface area contributed by atoms with Crippen molar-refractivity contribution < 1.29 is 42.3 Å². The summed E-state index contributed by atoms with van der Waals surface area (Å²) in [6, 6.07) is 6.20. The molecule has 324 valence electrons. The first-order chi connectivity index (χ1) is 26.8. The first kappa shape index (κ1) is 47.1. The van der Waals surface area contributed by atoms with E-state index in [1.807, 2.05) is 78.0 Å². The van der Waals surface area contributed by atoms with Crippen LogP contribution in [0.4, 0.5) is 0 Å². The van der Waals surface area contributed by atoms with Gasteiger partial charge >= 0.3 is 13.6 Å². The van der Waals surface area contributed by atoms with Crippen LogP contribution in [0.25, 0.3) is 0 Å². The van der Waals surface area contributed by atoms with Crippen molar-refractivity contribution in [1.29, 1.82) is 0 Å². The number of allylic oxidation sites excluding steroid dienone is 2. The lowest BCUT2D eigenvalue weighted by Gasteiger charge is -2.39. The third-order valence-electron chi connectivity index (χ3n) is 10.9. The number of hydrogen-bond donors (Lipinski definition) is 4. The molecule has 4 amide bonds. The second kappa shape index (κ2) is 18.8. The highest BCUT2D eigenvalue weighted by Crippen LogP contribution is 2.57. The fraction of sp³-hybridized carbons (Fsp3) is 0.705. The fourth-order valence-corrected chi connectivity index (χ4v) is 10.9. The molecule has 1 aliphatic heterocycles. The molecule has 2 fully saturated rings. The number of ether oxygens (including phenoxy) is 1. The molecule has 3 aliphatic rings. The van der Waals surface area contributed by atoms with Crippen LogP contribution in [-0.4, -0.2) is 64.5 Å². The third-order valence-corrected chi connectivity index (χ3v) is 13.3. The molecule has 13 nitrogen and oxygen atoms in total. The van der Waals surface area contributed by atoms with E-state index in [4.69, 9.17) is 19.5 Å². The van der Waals surface area contributed by atoms with Crippen LogP contribution in [0.3, 0.4) is 0 Å². The highest BCUT2D eigenvalue weighted by molar-refractivity contribution is 7.53. The minimum absolute atomic E-state index is 0.0206. The van der Waals surface area contributed by atoms with Crippen LogP contribution in [0.2, 0.25) is 0 Å². The SMILES string of the molecule is CC(C)(C)OC(=O)C[C@@H]1C(=O)NC2(CCCCC2)C(=O)N[C@@H](CC(N)=O)C(=O)NCC2(C/C=C/[C@@H]1c1ccc(CP(=O)(OC(C)(C)C)OC(C)(C)C)cc1)CCCC2. The number of esters is 1. The largest absolute Gasteiger partial charge is 0.460 e. The zero-order valence-corrected chi connectivity index (χ0v) is 37.2. The number of hydrogen-bond acceptors (Lipinski definition) is 9. The van der Waals surface area contributed by atoms with Crippen molar-refractivity contribution in [2.45, 2.75) is 180 Å². The summed E-state index contributed by atoms with van der Waals surface area (Å²) in [6.07, 6.45) is 10.3. The van der Waals surface area contributed by atoms with Gasteiger partial charge in [-0.3, -0.25) is 28.5 Å². The average molecular weight is 829 g/mol. The van der Waals surface area contributed by atoms with E-state index < -0.39 is 83.8 Å². The normalized spacial score (nSPS) is 24.2. The summed E-state index contributed by atoms with van der Waals surface area (Å²) in [4.78, 5) is 68.7. The minimum atomic E-state index is -3.63. The van der Waals surface area contributed by atoms with Crippen molar-refractivity contribution in [3.63, 3.8) is 0 Å². The zero-order chi connectivity index (χ0) is 43.2. The summed E-state index contributed by atoms with van der Waals surface area (Å²) in [5, 5.41) is 8.90. The monoisotopic (exact) mass is 828 g/mol. The van der Waals surface area contributed by atoms with E-state index in [9.17, 15) is 28.5 Å². The Kier molecular flexibility index (Phi) is 15.3. The molecule has 2 spiro atoms. The smallest absolute Gasteiger partial charge is 0.336 e. The lowest BCUT2D eigenvalue weighted by Crippen LogP contribution is -2.64. The van der Waals surface area contributed by atoms with E-state index in [0.29, 0.717) is 44.2 Å². The van der Waals surface area contributed by atoms with Gasteiger partial charge in [0.1, 0.15) is 17.2 Å². The summed E-state index contributed by atoms with van der Waals surface area (Å²) in [5.41, 5.74) is 3.04. The quantitative estimate of drug-likeness (QED) is 0.113. The molecule has 4 rings (SSSR count). The number of nitrogens with one attached hydrogen (secondary N) is 3. The van der Waals surface area contributed by atoms with Crippen molar-refractivity contribution in [2.24, 2.45) is 17.1 Å². The predicted octanol–water partition coefficient (Wildman–Crippen LogP) is 7.26. The number of benzene rings is 1. The van der Waals surface area contributed by atoms with E-state index in [1.165, 1.54) is 0 Å². The summed E-state index contributed by atoms with van der Waals surface area (Å²) >= 11 is 0. The van der Waals surface area contributed by atoms with E-state index in [0.717, 1.165) is 37.7 Å². The molecule has 0 aromatic heterocycles. The molecule has 14 heteroatoms. The highest BCUT2D eigenvalue weighted by atomic mass is 31.2. The Morgan fingerprint density at radius 2 is 1.36 bits per heavy atom. The standard InChI is InChI=1S/C44H69N4O9P/c1-40(2,3)55-36(50)26-33-32(31-19-17-30(18-20-31)28-58(54,56-41(4,5)6)57-42(7,8)9)16-15-23-43(21-13-14-22-43)29-46-38(52)34(27-35(45)49)47-39(53)44(48-37(33)51)24-11-10-12-25-44/h15-20,32-34H,10-14,21-29H2,1-9H3,(H2,45,49)(H,46,52)(H,47,53)(H,48,51)/b16-15+/t32-,33+,34+/m1/s1.